The summed E-state index contributed by atoms with van der Waals surface area (Å²) in [6.45, 7) is 0. The van der Waals surface area contributed by atoms with Crippen molar-refractivity contribution in [2.45, 2.75) is 23.9 Å². The van der Waals surface area contributed by atoms with Gasteiger partial charge in [-0.2, -0.15) is 5.10 Å². The van der Waals surface area contributed by atoms with E-state index in [2.05, 4.69) is 15.2 Å². The van der Waals surface area contributed by atoms with E-state index in [4.69, 9.17) is 0 Å². The molecule has 64 valence electrons. The van der Waals surface area contributed by atoms with Gasteiger partial charge in [-0.3, -0.25) is 4.21 Å². The molecule has 1 atom stereocenters. The third kappa shape index (κ3) is 1.50. The molecular weight excluding hydrogens is 174 g/mol. The molecule has 0 saturated heterocycles. The molecule has 1 aromatic heterocycles. The fraction of sp³-hybridized carbons (Fsp3) is 0.571. The van der Waals surface area contributed by atoms with E-state index in [1.165, 1.54) is 12.8 Å². The van der Waals surface area contributed by atoms with E-state index in [0.717, 1.165) is 5.69 Å². The molecule has 0 aliphatic heterocycles. The van der Waals surface area contributed by atoms with Crippen molar-refractivity contribution in [2.24, 2.45) is 0 Å². The number of aromatic nitrogens is 3. The van der Waals surface area contributed by atoms with Gasteiger partial charge in [-0.1, -0.05) is 0 Å². The molecule has 5 heteroatoms. The van der Waals surface area contributed by atoms with E-state index in [1.807, 2.05) is 0 Å². The highest BCUT2D eigenvalue weighted by Crippen LogP contribution is 2.38. The van der Waals surface area contributed by atoms with Crippen LogP contribution in [-0.4, -0.2) is 25.6 Å². The minimum absolute atomic E-state index is 0.347. The SMILES string of the molecule is CS(=O)c1nncc(C2CC2)n1. The Labute approximate surface area is 72.9 Å². The van der Waals surface area contributed by atoms with Crippen LogP contribution in [0, 0.1) is 0 Å². The maximum absolute atomic E-state index is 11.0. The smallest absolute Gasteiger partial charge is 0.239 e. The maximum Gasteiger partial charge on any atom is 0.239 e. The van der Waals surface area contributed by atoms with Crippen LogP contribution in [0.15, 0.2) is 11.4 Å². The number of hydrogen-bond donors (Lipinski definition) is 0. The molecule has 0 radical (unpaired) electrons. The van der Waals surface area contributed by atoms with Crippen LogP contribution in [0.3, 0.4) is 0 Å². The van der Waals surface area contributed by atoms with Crippen LogP contribution in [0.4, 0.5) is 0 Å². The summed E-state index contributed by atoms with van der Waals surface area (Å²) in [6.07, 6.45) is 5.57. The van der Waals surface area contributed by atoms with E-state index in [0.29, 0.717) is 11.1 Å². The Kier molecular flexibility index (Phi) is 1.88. The predicted molar refractivity (Wildman–Crippen MR) is 44.1 cm³/mol. The number of rotatable bonds is 2. The monoisotopic (exact) mass is 183 g/mol. The van der Waals surface area contributed by atoms with Gasteiger partial charge in [-0.15, -0.1) is 5.10 Å². The Bertz CT molecular complexity index is 324. The first-order valence-electron chi connectivity index (χ1n) is 3.80. The van der Waals surface area contributed by atoms with Crippen molar-refractivity contribution in [3.63, 3.8) is 0 Å². The first kappa shape index (κ1) is 7.79. The third-order valence-electron chi connectivity index (χ3n) is 1.81. The van der Waals surface area contributed by atoms with Gasteiger partial charge in [-0.05, 0) is 12.8 Å². The molecule has 1 fully saturated rings. The topological polar surface area (TPSA) is 55.7 Å². The molecule has 4 nitrogen and oxygen atoms in total. The highest BCUT2D eigenvalue weighted by atomic mass is 32.2. The third-order valence-corrected chi connectivity index (χ3v) is 2.50. The lowest BCUT2D eigenvalue weighted by molar-refractivity contribution is 0.671. The molecule has 1 aliphatic rings. The highest BCUT2D eigenvalue weighted by Gasteiger charge is 2.25. The number of nitrogens with zero attached hydrogens (tertiary/aromatic N) is 3. The zero-order valence-corrected chi connectivity index (χ0v) is 7.54. The van der Waals surface area contributed by atoms with Gasteiger partial charge in [-0.25, -0.2) is 4.98 Å². The van der Waals surface area contributed by atoms with Gasteiger partial charge in [0.1, 0.15) is 0 Å². The zero-order valence-electron chi connectivity index (χ0n) is 6.73. The first-order valence-corrected chi connectivity index (χ1v) is 5.36. The summed E-state index contributed by atoms with van der Waals surface area (Å²) in [6, 6.07) is 0. The van der Waals surface area contributed by atoms with E-state index in [9.17, 15) is 4.21 Å². The van der Waals surface area contributed by atoms with Gasteiger partial charge in [0.05, 0.1) is 22.7 Å². The van der Waals surface area contributed by atoms with Crippen molar-refractivity contribution in [3.05, 3.63) is 11.9 Å². The summed E-state index contributed by atoms with van der Waals surface area (Å²) < 4.78 is 11.0. The van der Waals surface area contributed by atoms with E-state index in [1.54, 1.807) is 12.5 Å². The van der Waals surface area contributed by atoms with Crippen LogP contribution in [-0.2, 0) is 10.8 Å². The Hall–Kier alpha value is -0.840. The van der Waals surface area contributed by atoms with Crippen molar-refractivity contribution in [3.8, 4) is 0 Å². The van der Waals surface area contributed by atoms with Gasteiger partial charge >= 0.3 is 0 Å². The quantitative estimate of drug-likeness (QED) is 0.669. The van der Waals surface area contributed by atoms with E-state index in [-0.39, 0.29) is 0 Å². The number of hydrogen-bond acceptors (Lipinski definition) is 4. The minimum Gasteiger partial charge on any atom is -0.251 e. The van der Waals surface area contributed by atoms with Crippen LogP contribution < -0.4 is 0 Å². The fourth-order valence-corrected chi connectivity index (χ4v) is 1.39. The van der Waals surface area contributed by atoms with Gasteiger partial charge in [0.2, 0.25) is 5.16 Å². The Balaban J connectivity index is 2.32. The van der Waals surface area contributed by atoms with Gasteiger partial charge < -0.3 is 0 Å². The minimum atomic E-state index is -1.11. The van der Waals surface area contributed by atoms with E-state index >= 15 is 0 Å². The Morgan fingerprint density at radius 2 is 2.33 bits per heavy atom. The normalized spacial score (nSPS) is 19.1. The molecule has 0 aromatic carbocycles. The van der Waals surface area contributed by atoms with Crippen LogP contribution in [0.1, 0.15) is 24.5 Å². The second-order valence-electron chi connectivity index (χ2n) is 2.89. The molecular formula is C7H9N3OS. The lowest BCUT2D eigenvalue weighted by Crippen LogP contribution is -2.01. The molecule has 0 spiro atoms. The summed E-state index contributed by atoms with van der Waals surface area (Å²) in [5, 5.41) is 7.80. The Morgan fingerprint density at radius 3 is 2.92 bits per heavy atom. The van der Waals surface area contributed by atoms with Crippen molar-refractivity contribution in [1.82, 2.24) is 15.2 Å². The summed E-state index contributed by atoms with van der Waals surface area (Å²) in [7, 11) is -1.11. The van der Waals surface area contributed by atoms with Gasteiger partial charge in [0, 0.05) is 12.2 Å². The average Bonchev–Trinajstić information content (AvgIpc) is 2.87. The second-order valence-corrected chi connectivity index (χ2v) is 4.17. The van der Waals surface area contributed by atoms with Crippen LogP contribution in [0.5, 0.6) is 0 Å². The molecule has 12 heavy (non-hydrogen) atoms. The molecule has 1 saturated carbocycles. The van der Waals surface area contributed by atoms with Crippen LogP contribution in [0.2, 0.25) is 0 Å². The summed E-state index contributed by atoms with van der Waals surface area (Å²) in [4.78, 5) is 4.16. The van der Waals surface area contributed by atoms with Crippen molar-refractivity contribution in [1.29, 1.82) is 0 Å². The van der Waals surface area contributed by atoms with Crippen molar-refractivity contribution >= 4 is 10.8 Å². The molecule has 1 aromatic rings. The summed E-state index contributed by atoms with van der Waals surface area (Å²) in [5.41, 5.74) is 0.940. The molecule has 1 aliphatic carbocycles. The van der Waals surface area contributed by atoms with Gasteiger partial charge in [0.15, 0.2) is 0 Å². The molecule has 1 heterocycles. The lowest BCUT2D eigenvalue weighted by Gasteiger charge is -1.96. The highest BCUT2D eigenvalue weighted by molar-refractivity contribution is 7.84. The maximum atomic E-state index is 11.0. The summed E-state index contributed by atoms with van der Waals surface area (Å²) in [5.74, 6) is 0.544. The van der Waals surface area contributed by atoms with Gasteiger partial charge in [0.25, 0.3) is 0 Å². The average molecular weight is 183 g/mol. The van der Waals surface area contributed by atoms with Crippen LogP contribution in [0.25, 0.3) is 0 Å². The van der Waals surface area contributed by atoms with Crippen LogP contribution >= 0.6 is 0 Å². The molecule has 0 N–H and O–H groups in total. The molecule has 2 rings (SSSR count). The molecule has 1 unspecified atom stereocenters. The molecule has 0 amide bonds. The first-order chi connectivity index (χ1) is 5.77. The fourth-order valence-electron chi connectivity index (χ4n) is 0.997. The zero-order chi connectivity index (χ0) is 8.55. The Morgan fingerprint density at radius 1 is 1.58 bits per heavy atom. The lowest BCUT2D eigenvalue weighted by atomic mass is 10.3. The summed E-state index contributed by atoms with van der Waals surface area (Å²) >= 11 is 0. The second kappa shape index (κ2) is 2.90. The molecule has 0 bridgehead atoms. The van der Waals surface area contributed by atoms with Crippen molar-refractivity contribution in [2.75, 3.05) is 6.26 Å². The standard InChI is InChI=1S/C7H9N3OS/c1-12(11)7-9-6(4-8-10-7)5-2-3-5/h4-5H,2-3H2,1H3. The predicted octanol–water partition coefficient (Wildman–Crippen LogP) is 0.486. The van der Waals surface area contributed by atoms with E-state index < -0.39 is 10.8 Å². The largest absolute Gasteiger partial charge is 0.251 e. The van der Waals surface area contributed by atoms with Crippen molar-refractivity contribution < 1.29 is 4.21 Å².